The van der Waals surface area contributed by atoms with Crippen LogP contribution in [0.1, 0.15) is 25.6 Å². The number of anilines is 1. The standard InChI is InChI=1S/C24H20N2O3S/c1-16-5-7-17(8-6-16)20-15-30-22(21(20)26-13-3-4-14-26)23(27)25-19-11-9-18(10-12-19)24(28)29-2/h3-15H,1-2H3,(H,25,27). The van der Waals surface area contributed by atoms with Gasteiger partial charge in [0.25, 0.3) is 5.91 Å². The molecule has 30 heavy (non-hydrogen) atoms. The fraction of sp³-hybridized carbons (Fsp3) is 0.0833. The number of hydrogen-bond acceptors (Lipinski definition) is 4. The van der Waals surface area contributed by atoms with Crippen molar-refractivity contribution in [3.05, 3.63) is 94.4 Å². The van der Waals surface area contributed by atoms with Crippen molar-refractivity contribution in [3.63, 3.8) is 0 Å². The summed E-state index contributed by atoms with van der Waals surface area (Å²) in [5.74, 6) is -0.614. The maximum absolute atomic E-state index is 13.1. The molecule has 150 valence electrons. The summed E-state index contributed by atoms with van der Waals surface area (Å²) in [5.41, 5.74) is 5.13. The van der Waals surface area contributed by atoms with Crippen LogP contribution in [0.5, 0.6) is 0 Å². The smallest absolute Gasteiger partial charge is 0.337 e. The fourth-order valence-corrected chi connectivity index (χ4v) is 4.15. The van der Waals surface area contributed by atoms with Gasteiger partial charge in [0.05, 0.1) is 18.4 Å². The Labute approximate surface area is 178 Å². The molecule has 0 spiro atoms. The van der Waals surface area contributed by atoms with Gasteiger partial charge in [-0.15, -0.1) is 11.3 Å². The number of hydrogen-bond donors (Lipinski definition) is 1. The first kappa shape index (κ1) is 19.7. The van der Waals surface area contributed by atoms with E-state index < -0.39 is 5.97 Å². The minimum Gasteiger partial charge on any atom is -0.465 e. The van der Waals surface area contributed by atoms with Crippen molar-refractivity contribution in [3.8, 4) is 16.8 Å². The number of esters is 1. The van der Waals surface area contributed by atoms with Crippen LogP contribution in [0.3, 0.4) is 0 Å². The topological polar surface area (TPSA) is 60.3 Å². The molecule has 0 saturated carbocycles. The molecule has 4 rings (SSSR count). The van der Waals surface area contributed by atoms with E-state index in [1.807, 2.05) is 34.5 Å². The first-order chi connectivity index (χ1) is 14.6. The van der Waals surface area contributed by atoms with Crippen molar-refractivity contribution in [2.24, 2.45) is 0 Å². The van der Waals surface area contributed by atoms with Crippen molar-refractivity contribution < 1.29 is 14.3 Å². The van der Waals surface area contributed by atoms with Crippen LogP contribution in [0.25, 0.3) is 16.8 Å². The summed E-state index contributed by atoms with van der Waals surface area (Å²) < 4.78 is 6.67. The van der Waals surface area contributed by atoms with E-state index in [2.05, 4.69) is 36.5 Å². The lowest BCUT2D eigenvalue weighted by molar-refractivity contribution is 0.0600. The number of nitrogens with one attached hydrogen (secondary N) is 1. The number of aryl methyl sites for hydroxylation is 1. The summed E-state index contributed by atoms with van der Waals surface area (Å²) in [6, 6.07) is 18.8. The van der Waals surface area contributed by atoms with E-state index in [9.17, 15) is 9.59 Å². The second-order valence-electron chi connectivity index (χ2n) is 6.81. The average molecular weight is 417 g/mol. The summed E-state index contributed by atoms with van der Waals surface area (Å²) in [4.78, 5) is 25.3. The Morgan fingerprint density at radius 1 is 0.967 bits per heavy atom. The number of ether oxygens (including phenoxy) is 1. The van der Waals surface area contributed by atoms with E-state index in [4.69, 9.17) is 4.74 Å². The molecule has 5 nitrogen and oxygen atoms in total. The van der Waals surface area contributed by atoms with Crippen LogP contribution >= 0.6 is 11.3 Å². The molecule has 0 atom stereocenters. The van der Waals surface area contributed by atoms with Gasteiger partial charge in [0, 0.05) is 29.0 Å². The van der Waals surface area contributed by atoms with Gasteiger partial charge in [0.15, 0.2) is 0 Å². The van der Waals surface area contributed by atoms with Gasteiger partial charge >= 0.3 is 5.97 Å². The van der Waals surface area contributed by atoms with Crippen molar-refractivity contribution in [1.82, 2.24) is 4.57 Å². The van der Waals surface area contributed by atoms with Gasteiger partial charge in [0.2, 0.25) is 0 Å². The maximum atomic E-state index is 13.1. The molecule has 0 saturated heterocycles. The summed E-state index contributed by atoms with van der Waals surface area (Å²) in [6.45, 7) is 2.05. The molecule has 0 radical (unpaired) electrons. The molecule has 0 unspecified atom stereocenters. The highest BCUT2D eigenvalue weighted by Gasteiger charge is 2.20. The predicted molar refractivity (Wildman–Crippen MR) is 120 cm³/mol. The third kappa shape index (κ3) is 3.90. The van der Waals surface area contributed by atoms with Gasteiger partial charge in [0.1, 0.15) is 4.88 Å². The number of rotatable bonds is 5. The van der Waals surface area contributed by atoms with Gasteiger partial charge in [-0.25, -0.2) is 4.79 Å². The number of thiophene rings is 1. The number of amides is 1. The quantitative estimate of drug-likeness (QED) is 0.434. The van der Waals surface area contributed by atoms with Crippen molar-refractivity contribution in [2.75, 3.05) is 12.4 Å². The Bertz CT molecular complexity index is 1170. The number of nitrogens with zero attached hydrogens (tertiary/aromatic N) is 1. The number of aromatic nitrogens is 1. The highest BCUT2D eigenvalue weighted by Crippen LogP contribution is 2.35. The monoisotopic (exact) mass is 416 g/mol. The molecule has 2 aromatic carbocycles. The van der Waals surface area contributed by atoms with Crippen molar-refractivity contribution in [2.45, 2.75) is 6.92 Å². The van der Waals surface area contributed by atoms with E-state index in [-0.39, 0.29) is 5.91 Å². The number of methoxy groups -OCH3 is 1. The Morgan fingerprint density at radius 2 is 1.63 bits per heavy atom. The first-order valence-corrected chi connectivity index (χ1v) is 10.3. The van der Waals surface area contributed by atoms with Gasteiger partial charge in [-0.1, -0.05) is 29.8 Å². The second kappa shape index (κ2) is 8.39. The van der Waals surface area contributed by atoms with E-state index in [1.165, 1.54) is 24.0 Å². The van der Waals surface area contributed by atoms with Crippen LogP contribution in [0.4, 0.5) is 5.69 Å². The van der Waals surface area contributed by atoms with Crippen molar-refractivity contribution in [1.29, 1.82) is 0 Å². The summed E-state index contributed by atoms with van der Waals surface area (Å²) in [5, 5.41) is 4.93. The number of carbonyl (C=O) groups is 2. The molecule has 1 N–H and O–H groups in total. The lowest BCUT2D eigenvalue weighted by atomic mass is 10.0. The molecule has 0 aliphatic heterocycles. The molecule has 4 aromatic rings. The molecule has 2 aromatic heterocycles. The number of carbonyl (C=O) groups excluding carboxylic acids is 2. The normalized spacial score (nSPS) is 10.6. The van der Waals surface area contributed by atoms with Gasteiger partial charge < -0.3 is 14.6 Å². The highest BCUT2D eigenvalue weighted by molar-refractivity contribution is 7.13. The molecule has 6 heteroatoms. The zero-order chi connectivity index (χ0) is 21.1. The van der Waals surface area contributed by atoms with Crippen molar-refractivity contribution >= 4 is 28.9 Å². The van der Waals surface area contributed by atoms with Crippen LogP contribution in [0.15, 0.2) is 78.4 Å². The minimum absolute atomic E-state index is 0.201. The van der Waals surface area contributed by atoms with Crippen LogP contribution in [0, 0.1) is 6.92 Å². The SMILES string of the molecule is COC(=O)c1ccc(NC(=O)c2scc(-c3ccc(C)cc3)c2-n2cccc2)cc1. The largest absolute Gasteiger partial charge is 0.465 e. The molecule has 0 bridgehead atoms. The summed E-state index contributed by atoms with van der Waals surface area (Å²) >= 11 is 1.41. The lowest BCUT2D eigenvalue weighted by Crippen LogP contribution is -2.13. The zero-order valence-corrected chi connectivity index (χ0v) is 17.4. The molecule has 2 heterocycles. The average Bonchev–Trinajstić information content (AvgIpc) is 3.44. The minimum atomic E-state index is -0.413. The number of benzene rings is 2. The van der Waals surface area contributed by atoms with E-state index in [1.54, 1.807) is 24.3 Å². The van der Waals surface area contributed by atoms with Crippen LogP contribution in [-0.4, -0.2) is 23.6 Å². The molecule has 0 aliphatic rings. The third-order valence-corrected chi connectivity index (χ3v) is 5.73. The maximum Gasteiger partial charge on any atom is 0.337 e. The Balaban J connectivity index is 1.67. The van der Waals surface area contributed by atoms with E-state index >= 15 is 0 Å². The molecular formula is C24H20N2O3S. The first-order valence-electron chi connectivity index (χ1n) is 9.38. The van der Waals surface area contributed by atoms with Crippen LogP contribution in [-0.2, 0) is 4.74 Å². The molecular weight excluding hydrogens is 396 g/mol. The summed E-state index contributed by atoms with van der Waals surface area (Å²) in [7, 11) is 1.34. The Morgan fingerprint density at radius 3 is 2.27 bits per heavy atom. The highest BCUT2D eigenvalue weighted by atomic mass is 32.1. The third-order valence-electron chi connectivity index (χ3n) is 4.76. The second-order valence-corrected chi connectivity index (χ2v) is 7.69. The van der Waals surface area contributed by atoms with Gasteiger partial charge in [-0.2, -0.15) is 0 Å². The van der Waals surface area contributed by atoms with Crippen LogP contribution in [0.2, 0.25) is 0 Å². The zero-order valence-electron chi connectivity index (χ0n) is 16.6. The molecule has 0 aliphatic carbocycles. The van der Waals surface area contributed by atoms with E-state index in [0.717, 1.165) is 16.8 Å². The van der Waals surface area contributed by atoms with Gasteiger partial charge in [-0.05, 0) is 48.9 Å². The predicted octanol–water partition coefficient (Wildman–Crippen LogP) is 5.55. The fourth-order valence-electron chi connectivity index (χ4n) is 3.19. The van der Waals surface area contributed by atoms with Gasteiger partial charge in [-0.3, -0.25) is 4.79 Å². The molecule has 1 amide bonds. The Hall–Kier alpha value is -3.64. The molecule has 0 fully saturated rings. The summed E-state index contributed by atoms with van der Waals surface area (Å²) in [6.07, 6.45) is 3.86. The van der Waals surface area contributed by atoms with Crippen LogP contribution < -0.4 is 5.32 Å². The van der Waals surface area contributed by atoms with E-state index in [0.29, 0.717) is 16.1 Å². The lowest BCUT2D eigenvalue weighted by Gasteiger charge is -2.11. The Kier molecular flexibility index (Phi) is 5.50.